The Kier molecular flexibility index (Phi) is 3.54. The zero-order chi connectivity index (χ0) is 20.1. The van der Waals surface area contributed by atoms with Crippen molar-refractivity contribution in [3.05, 3.63) is 11.6 Å². The molecule has 0 amide bonds. The zero-order valence-corrected chi connectivity index (χ0v) is 17.3. The Morgan fingerprint density at radius 2 is 1.86 bits per heavy atom. The molecule has 5 rings (SSSR count). The van der Waals surface area contributed by atoms with Gasteiger partial charge in [-0.1, -0.05) is 19.4 Å². The number of hydrogen-bond donors (Lipinski definition) is 0. The summed E-state index contributed by atoms with van der Waals surface area (Å²) in [6.07, 6.45) is 7.57. The van der Waals surface area contributed by atoms with Crippen LogP contribution in [0.1, 0.15) is 72.6 Å². The lowest BCUT2D eigenvalue weighted by Gasteiger charge is -2.56. The van der Waals surface area contributed by atoms with E-state index in [1.165, 1.54) is 12.5 Å². The van der Waals surface area contributed by atoms with Crippen LogP contribution in [0.5, 0.6) is 0 Å². The molecule has 7 atom stereocenters. The Hall–Kier alpha value is -1.49. The van der Waals surface area contributed by atoms with Crippen molar-refractivity contribution in [3.63, 3.8) is 0 Å². The number of fused-ring (bicyclic) bond motifs is 3. The molecule has 0 N–H and O–H groups in total. The smallest absolute Gasteiger partial charge is 0.303 e. The van der Waals surface area contributed by atoms with Gasteiger partial charge in [-0.25, -0.2) is 0 Å². The Labute approximate surface area is 166 Å². The van der Waals surface area contributed by atoms with E-state index in [1.807, 2.05) is 6.08 Å². The molecule has 1 aliphatic heterocycles. The van der Waals surface area contributed by atoms with Crippen molar-refractivity contribution in [1.29, 1.82) is 0 Å². The van der Waals surface area contributed by atoms with Crippen molar-refractivity contribution in [2.45, 2.75) is 89.9 Å². The van der Waals surface area contributed by atoms with Crippen LogP contribution in [0, 0.1) is 22.7 Å². The molecular formula is C23H30O5. The molecule has 0 aromatic carbocycles. The fourth-order valence-electron chi connectivity index (χ4n) is 8.07. The molecule has 1 spiro atoms. The number of ether oxygens (including phenoxy) is 2. The summed E-state index contributed by atoms with van der Waals surface area (Å²) in [6.45, 7) is 7.42. The van der Waals surface area contributed by atoms with Crippen molar-refractivity contribution in [2.24, 2.45) is 22.7 Å². The molecule has 5 aliphatic rings. The van der Waals surface area contributed by atoms with Crippen LogP contribution in [-0.4, -0.2) is 34.8 Å². The molecule has 1 saturated heterocycles. The van der Waals surface area contributed by atoms with Gasteiger partial charge in [0.2, 0.25) is 0 Å². The molecule has 5 heteroatoms. The standard InChI is InChI=1S/C23H30O5/c1-13(24)22(27-14(2)25)10-8-17-18-6-5-15-11-16(26)7-9-20(15,3)23(18)19(28-23)12-21(17,22)4/h11,17-19H,5-10,12H2,1-4H3/t17-,18-,19+,20-,21-,22-,23?/m0/s1. The molecule has 0 bridgehead atoms. The highest BCUT2D eigenvalue weighted by molar-refractivity contribution is 5.92. The van der Waals surface area contributed by atoms with Crippen molar-refractivity contribution in [3.8, 4) is 0 Å². The van der Waals surface area contributed by atoms with E-state index in [2.05, 4.69) is 13.8 Å². The van der Waals surface area contributed by atoms with Gasteiger partial charge < -0.3 is 9.47 Å². The fraction of sp³-hybridized carbons (Fsp3) is 0.783. The van der Waals surface area contributed by atoms with E-state index < -0.39 is 5.60 Å². The lowest BCUT2D eigenvalue weighted by Crippen LogP contribution is -2.62. The molecule has 28 heavy (non-hydrogen) atoms. The molecule has 4 fully saturated rings. The number of rotatable bonds is 2. The van der Waals surface area contributed by atoms with Crippen molar-refractivity contribution in [2.75, 3.05) is 0 Å². The number of esters is 1. The van der Waals surface area contributed by atoms with Crippen molar-refractivity contribution >= 4 is 17.5 Å². The molecular weight excluding hydrogens is 356 g/mol. The summed E-state index contributed by atoms with van der Waals surface area (Å²) in [5.74, 6) is 0.476. The first-order chi connectivity index (χ1) is 13.1. The summed E-state index contributed by atoms with van der Waals surface area (Å²) in [7, 11) is 0. The van der Waals surface area contributed by atoms with Gasteiger partial charge in [-0.2, -0.15) is 0 Å². The summed E-state index contributed by atoms with van der Waals surface area (Å²) in [5.41, 5.74) is -0.436. The summed E-state index contributed by atoms with van der Waals surface area (Å²) >= 11 is 0. The van der Waals surface area contributed by atoms with Crippen LogP contribution in [0.15, 0.2) is 11.6 Å². The van der Waals surface area contributed by atoms with Crippen LogP contribution in [0.3, 0.4) is 0 Å². The van der Waals surface area contributed by atoms with Gasteiger partial charge in [0.1, 0.15) is 5.60 Å². The van der Waals surface area contributed by atoms with E-state index in [0.29, 0.717) is 24.7 Å². The number of carbonyl (C=O) groups excluding carboxylic acids is 3. The first-order valence-electron chi connectivity index (χ1n) is 10.7. The molecule has 3 saturated carbocycles. The van der Waals surface area contributed by atoms with Gasteiger partial charge in [-0.15, -0.1) is 0 Å². The minimum atomic E-state index is -1.03. The normalized spacial score (nSPS) is 51.2. The second-order valence-electron chi connectivity index (χ2n) is 10.3. The summed E-state index contributed by atoms with van der Waals surface area (Å²) in [4.78, 5) is 36.8. The minimum Gasteiger partial charge on any atom is -0.451 e. The average Bonchev–Trinajstić information content (AvgIpc) is 3.25. The summed E-state index contributed by atoms with van der Waals surface area (Å²) in [5, 5.41) is 0. The maximum Gasteiger partial charge on any atom is 0.303 e. The number of hydrogen-bond acceptors (Lipinski definition) is 5. The molecule has 4 aliphatic carbocycles. The Balaban J connectivity index is 1.57. The van der Waals surface area contributed by atoms with Crippen LogP contribution in [-0.2, 0) is 23.9 Å². The van der Waals surface area contributed by atoms with Gasteiger partial charge in [0.15, 0.2) is 17.2 Å². The van der Waals surface area contributed by atoms with Crippen LogP contribution < -0.4 is 0 Å². The highest BCUT2D eigenvalue weighted by Gasteiger charge is 2.81. The first kappa shape index (κ1) is 18.5. The van der Waals surface area contributed by atoms with E-state index in [0.717, 1.165) is 32.1 Å². The van der Waals surface area contributed by atoms with Crippen LogP contribution in [0.2, 0.25) is 0 Å². The summed E-state index contributed by atoms with van der Waals surface area (Å²) in [6, 6.07) is 0. The largest absolute Gasteiger partial charge is 0.451 e. The van der Waals surface area contributed by atoms with Gasteiger partial charge in [0.05, 0.1) is 6.10 Å². The highest BCUT2D eigenvalue weighted by Crippen LogP contribution is 2.76. The molecule has 0 radical (unpaired) electrons. The average molecular weight is 386 g/mol. The van der Waals surface area contributed by atoms with Gasteiger partial charge in [-0.05, 0) is 63.4 Å². The maximum absolute atomic E-state index is 12.8. The second-order valence-corrected chi connectivity index (χ2v) is 10.3. The monoisotopic (exact) mass is 386 g/mol. The Bertz CT molecular complexity index is 829. The Morgan fingerprint density at radius 1 is 1.11 bits per heavy atom. The molecule has 1 heterocycles. The van der Waals surface area contributed by atoms with Gasteiger partial charge >= 0.3 is 5.97 Å². The lowest BCUT2D eigenvalue weighted by atomic mass is 9.46. The number of Topliss-reactive ketones (excluding diaryl/α,β-unsaturated/α-hetero) is 1. The third-order valence-corrected chi connectivity index (χ3v) is 9.34. The number of ketones is 2. The van der Waals surface area contributed by atoms with E-state index in [4.69, 9.17) is 9.47 Å². The van der Waals surface area contributed by atoms with Crippen LogP contribution >= 0.6 is 0 Å². The predicted octanol–water partition coefficient (Wildman–Crippen LogP) is 3.54. The first-order valence-corrected chi connectivity index (χ1v) is 10.7. The third kappa shape index (κ3) is 1.90. The van der Waals surface area contributed by atoms with Crippen LogP contribution in [0.25, 0.3) is 0 Å². The minimum absolute atomic E-state index is 0.0354. The quantitative estimate of drug-likeness (QED) is 0.536. The van der Waals surface area contributed by atoms with E-state index in [-0.39, 0.29) is 40.1 Å². The zero-order valence-electron chi connectivity index (χ0n) is 17.3. The Morgan fingerprint density at radius 3 is 2.54 bits per heavy atom. The van der Waals surface area contributed by atoms with Gasteiger partial charge in [0, 0.05) is 24.2 Å². The third-order valence-electron chi connectivity index (χ3n) is 9.34. The second kappa shape index (κ2) is 5.35. The number of epoxide rings is 1. The van der Waals surface area contributed by atoms with Gasteiger partial charge in [0.25, 0.3) is 0 Å². The molecule has 0 aromatic heterocycles. The van der Waals surface area contributed by atoms with E-state index in [1.54, 1.807) is 6.92 Å². The molecule has 5 nitrogen and oxygen atoms in total. The number of carbonyl (C=O) groups is 3. The molecule has 1 unspecified atom stereocenters. The lowest BCUT2D eigenvalue weighted by molar-refractivity contribution is -0.184. The molecule has 152 valence electrons. The van der Waals surface area contributed by atoms with Crippen LogP contribution in [0.4, 0.5) is 0 Å². The SMILES string of the molecule is CC(=O)O[C@]1(C(C)=O)CC[C@H]2[C@@H]3CCC4=CC(=O)CC[C@]4(C)C34O[C@@H]4C[C@@]21C. The highest BCUT2D eigenvalue weighted by atomic mass is 16.6. The predicted molar refractivity (Wildman–Crippen MR) is 101 cm³/mol. The topological polar surface area (TPSA) is 73.0 Å². The van der Waals surface area contributed by atoms with Crippen molar-refractivity contribution in [1.82, 2.24) is 0 Å². The van der Waals surface area contributed by atoms with Crippen molar-refractivity contribution < 1.29 is 23.9 Å². The van der Waals surface area contributed by atoms with Gasteiger partial charge in [-0.3, -0.25) is 14.4 Å². The van der Waals surface area contributed by atoms with E-state index >= 15 is 0 Å². The molecule has 0 aromatic rings. The van der Waals surface area contributed by atoms with E-state index in [9.17, 15) is 14.4 Å². The maximum atomic E-state index is 12.8. The summed E-state index contributed by atoms with van der Waals surface area (Å²) < 4.78 is 12.4. The fourth-order valence-corrected chi connectivity index (χ4v) is 8.07.